The van der Waals surface area contributed by atoms with Gasteiger partial charge in [0.05, 0.1) is 26.7 Å². The molecule has 1 aromatic heterocycles. The van der Waals surface area contributed by atoms with Gasteiger partial charge in [0.25, 0.3) is 5.91 Å². The molecular formula is C28H19Cl2N3O5S2. The molecule has 0 unspecified atom stereocenters. The number of amides is 3. The molecule has 3 atom stereocenters. The minimum atomic E-state index is -0.772. The maximum Gasteiger partial charge on any atom is 0.305 e. The van der Waals surface area contributed by atoms with Crippen molar-refractivity contribution in [2.75, 3.05) is 16.8 Å². The lowest BCUT2D eigenvalue weighted by molar-refractivity contribution is -0.122. The number of hydrogen-bond donors (Lipinski definition) is 2. The molecule has 6 rings (SSSR count). The van der Waals surface area contributed by atoms with Crippen LogP contribution >= 0.6 is 46.3 Å². The molecule has 40 heavy (non-hydrogen) atoms. The zero-order valence-corrected chi connectivity index (χ0v) is 23.6. The van der Waals surface area contributed by atoms with Crippen molar-refractivity contribution in [1.82, 2.24) is 4.98 Å². The topological polar surface area (TPSA) is 109 Å². The number of para-hydroxylation sites is 2. The summed E-state index contributed by atoms with van der Waals surface area (Å²) in [6.45, 7) is -0.327. The Morgan fingerprint density at radius 2 is 1.70 bits per heavy atom. The molecule has 2 aliphatic heterocycles. The summed E-state index contributed by atoms with van der Waals surface area (Å²) in [6.07, 6.45) is 0. The van der Waals surface area contributed by atoms with Crippen LogP contribution in [0.2, 0.25) is 10.0 Å². The third kappa shape index (κ3) is 4.81. The van der Waals surface area contributed by atoms with E-state index in [-0.39, 0.29) is 23.3 Å². The standard InChI is InChI=1S/C28H19Cl2N3O5S2/c29-17-11-10-14(12-18(17)30)31-20(34)13-38-19-9-5-4-8-16(19)21-22-24(39-25-23(21)40-28(37)32-25)27(36)33(26(22)35)15-6-2-1-3-7-15/h1-12,21-22,24H,13H2,(H,31,34)(H,32,37)/t21-,22-,24+/m0/s1. The van der Waals surface area contributed by atoms with Gasteiger partial charge in [-0.05, 0) is 36.4 Å². The number of thiazole rings is 1. The van der Waals surface area contributed by atoms with Gasteiger partial charge in [-0.1, -0.05) is 82.7 Å². The van der Waals surface area contributed by atoms with Gasteiger partial charge in [-0.2, -0.15) is 0 Å². The number of H-pyrrole nitrogens is 1. The number of benzene rings is 3. The summed E-state index contributed by atoms with van der Waals surface area (Å²) in [7, 11) is 0. The van der Waals surface area contributed by atoms with Gasteiger partial charge in [0.1, 0.15) is 11.0 Å². The highest BCUT2D eigenvalue weighted by Gasteiger charge is 2.56. The summed E-state index contributed by atoms with van der Waals surface area (Å²) < 4.78 is 5.95. The highest BCUT2D eigenvalue weighted by atomic mass is 35.5. The average Bonchev–Trinajstić information content (AvgIpc) is 3.44. The number of halogens is 2. The second-order valence-electron chi connectivity index (χ2n) is 9.10. The monoisotopic (exact) mass is 611 g/mol. The van der Waals surface area contributed by atoms with Gasteiger partial charge in [0.2, 0.25) is 11.8 Å². The zero-order valence-electron chi connectivity index (χ0n) is 20.4. The first-order valence-corrected chi connectivity index (χ1v) is 14.6. The number of hydrogen-bond acceptors (Lipinski definition) is 7. The number of imide groups is 1. The Morgan fingerprint density at radius 3 is 2.48 bits per heavy atom. The summed E-state index contributed by atoms with van der Waals surface area (Å²) in [5, 5.41) is 3.21. The minimum absolute atomic E-state index is 0.276. The number of carbonyl (C=O) groups excluding carboxylic acids is 3. The Bertz CT molecular complexity index is 1710. The quantitative estimate of drug-likeness (QED) is 0.276. The minimum Gasteiger partial charge on any atom is -0.483 e. The van der Waals surface area contributed by atoms with Crippen LogP contribution in [0, 0.1) is 5.92 Å². The summed E-state index contributed by atoms with van der Waals surface area (Å²) in [4.78, 5) is 56.9. The van der Waals surface area contributed by atoms with Gasteiger partial charge in [0, 0.05) is 22.0 Å². The molecule has 4 aromatic rings. The van der Waals surface area contributed by atoms with Gasteiger partial charge in [-0.3, -0.25) is 19.2 Å². The Kier molecular flexibility index (Phi) is 7.18. The molecule has 12 heteroatoms. The smallest absolute Gasteiger partial charge is 0.305 e. The number of fused-ring (bicyclic) bond motifs is 2. The van der Waals surface area contributed by atoms with Crippen LogP contribution in [-0.2, 0) is 14.4 Å². The Morgan fingerprint density at radius 1 is 0.950 bits per heavy atom. The van der Waals surface area contributed by atoms with E-state index in [1.807, 2.05) is 6.07 Å². The fourth-order valence-electron chi connectivity index (χ4n) is 4.97. The molecular weight excluding hydrogens is 593 g/mol. The summed E-state index contributed by atoms with van der Waals surface area (Å²) in [6, 6.07) is 20.5. The number of aromatic amines is 1. The number of rotatable bonds is 6. The average molecular weight is 613 g/mol. The third-order valence-corrected chi connectivity index (χ3v) is 9.79. The van der Waals surface area contributed by atoms with Crippen LogP contribution in [-0.4, -0.2) is 34.6 Å². The SMILES string of the molecule is O=C(COc1ccccc1[C@@H]1c2sc(=O)[nH]c2S[C@H]2C(=O)N(c3ccccc3)C(=O)[C@@H]12)Nc1ccc(Cl)c(Cl)c1. The van der Waals surface area contributed by atoms with Crippen molar-refractivity contribution < 1.29 is 19.1 Å². The number of nitrogens with zero attached hydrogens (tertiary/aromatic N) is 1. The molecule has 0 spiro atoms. The first-order valence-electron chi connectivity index (χ1n) is 12.1. The van der Waals surface area contributed by atoms with Gasteiger partial charge < -0.3 is 15.0 Å². The number of nitrogens with one attached hydrogen (secondary N) is 2. The molecule has 1 fully saturated rings. The number of aromatic nitrogens is 1. The van der Waals surface area contributed by atoms with Crippen LogP contribution < -0.4 is 19.8 Å². The molecule has 0 saturated carbocycles. The van der Waals surface area contributed by atoms with E-state index in [0.717, 1.165) is 11.3 Å². The van der Waals surface area contributed by atoms with Gasteiger partial charge in [0.15, 0.2) is 6.61 Å². The van der Waals surface area contributed by atoms with Crippen molar-refractivity contribution in [2.24, 2.45) is 5.92 Å². The molecule has 0 aliphatic carbocycles. The van der Waals surface area contributed by atoms with E-state index in [1.54, 1.807) is 60.7 Å². The van der Waals surface area contributed by atoms with Crippen LogP contribution in [0.5, 0.6) is 5.75 Å². The van der Waals surface area contributed by atoms with E-state index in [2.05, 4.69) is 10.3 Å². The first-order chi connectivity index (χ1) is 19.3. The first kappa shape index (κ1) is 26.6. The van der Waals surface area contributed by atoms with Crippen LogP contribution in [0.1, 0.15) is 16.4 Å². The largest absolute Gasteiger partial charge is 0.483 e. The second-order valence-corrected chi connectivity index (χ2v) is 12.1. The maximum atomic E-state index is 13.9. The lowest BCUT2D eigenvalue weighted by atomic mass is 9.82. The van der Waals surface area contributed by atoms with Crippen molar-refractivity contribution in [3.63, 3.8) is 0 Å². The number of carbonyl (C=O) groups is 3. The normalized spacial score (nSPS) is 19.8. The summed E-state index contributed by atoms with van der Waals surface area (Å²) in [5.74, 6) is -2.16. The van der Waals surface area contributed by atoms with E-state index in [4.69, 9.17) is 27.9 Å². The van der Waals surface area contributed by atoms with E-state index < -0.39 is 23.0 Å². The third-order valence-electron chi connectivity index (χ3n) is 6.65. The number of thioether (sulfide) groups is 1. The van der Waals surface area contributed by atoms with E-state index >= 15 is 0 Å². The fraction of sp³-hybridized carbons (Fsp3) is 0.143. The second kappa shape index (κ2) is 10.8. The Hall–Kier alpha value is -3.57. The molecule has 2 aliphatic rings. The predicted octanol–water partition coefficient (Wildman–Crippen LogP) is 5.56. The van der Waals surface area contributed by atoms with Gasteiger partial charge in [-0.25, -0.2) is 4.90 Å². The summed E-state index contributed by atoms with van der Waals surface area (Å²) >= 11 is 14.2. The van der Waals surface area contributed by atoms with Crippen LogP contribution in [0.25, 0.3) is 0 Å². The Labute approximate surface area is 246 Å². The van der Waals surface area contributed by atoms with E-state index in [9.17, 15) is 19.2 Å². The summed E-state index contributed by atoms with van der Waals surface area (Å²) in [5.41, 5.74) is 1.56. The molecule has 3 aromatic carbocycles. The Balaban J connectivity index is 1.32. The molecule has 3 heterocycles. The predicted molar refractivity (Wildman–Crippen MR) is 156 cm³/mol. The molecule has 2 N–H and O–H groups in total. The highest BCUT2D eigenvalue weighted by molar-refractivity contribution is 8.00. The van der Waals surface area contributed by atoms with Crippen LogP contribution in [0.3, 0.4) is 0 Å². The molecule has 202 valence electrons. The van der Waals surface area contributed by atoms with Crippen LogP contribution in [0.4, 0.5) is 11.4 Å². The van der Waals surface area contributed by atoms with Crippen molar-refractivity contribution in [2.45, 2.75) is 16.2 Å². The number of ether oxygens (including phenoxy) is 1. The molecule has 1 saturated heterocycles. The lowest BCUT2D eigenvalue weighted by Crippen LogP contribution is -2.32. The lowest BCUT2D eigenvalue weighted by Gasteiger charge is -2.30. The van der Waals surface area contributed by atoms with Crippen molar-refractivity contribution in [1.29, 1.82) is 0 Å². The molecule has 0 radical (unpaired) electrons. The molecule has 8 nitrogen and oxygen atoms in total. The molecule has 3 amide bonds. The van der Waals surface area contributed by atoms with Gasteiger partial charge in [-0.15, -0.1) is 0 Å². The van der Waals surface area contributed by atoms with Crippen molar-refractivity contribution in [3.05, 3.63) is 103 Å². The zero-order chi connectivity index (χ0) is 28.0. The highest BCUT2D eigenvalue weighted by Crippen LogP contribution is 2.54. The fourth-order valence-corrected chi connectivity index (χ4v) is 7.77. The maximum absolute atomic E-state index is 13.9. The van der Waals surface area contributed by atoms with E-state index in [1.165, 1.54) is 22.7 Å². The van der Waals surface area contributed by atoms with Crippen molar-refractivity contribution >= 4 is 75.4 Å². The van der Waals surface area contributed by atoms with Crippen molar-refractivity contribution in [3.8, 4) is 5.75 Å². The van der Waals surface area contributed by atoms with Crippen LogP contribution in [0.15, 0.2) is 82.6 Å². The molecule has 0 bridgehead atoms. The van der Waals surface area contributed by atoms with E-state index in [0.29, 0.717) is 42.6 Å². The van der Waals surface area contributed by atoms with Gasteiger partial charge >= 0.3 is 4.87 Å². The number of anilines is 2.